The van der Waals surface area contributed by atoms with Crippen LogP contribution >= 0.6 is 8.58 Å². The Morgan fingerprint density at radius 1 is 0.900 bits per heavy atom. The summed E-state index contributed by atoms with van der Waals surface area (Å²) in [7, 11) is 1.23. The number of hydrogen-bond donors (Lipinski definition) is 0. The summed E-state index contributed by atoms with van der Waals surface area (Å²) >= 11 is 0. The number of rotatable bonds is 7. The van der Waals surface area contributed by atoms with Crippen molar-refractivity contribution in [3.8, 4) is 0 Å². The minimum Gasteiger partial charge on any atom is -0.122 e. The molecule has 0 rings (SSSR count). The lowest BCUT2D eigenvalue weighted by Crippen LogP contribution is -1.79. The topological polar surface area (TPSA) is 0 Å². The SMILES string of the molecule is CCCCCCCPCC. The molecule has 0 aromatic heterocycles. The third-order valence-corrected chi connectivity index (χ3v) is 2.91. The van der Waals surface area contributed by atoms with Crippen LogP contribution in [0.1, 0.15) is 46.0 Å². The molecule has 1 unspecified atom stereocenters. The maximum atomic E-state index is 2.28. The van der Waals surface area contributed by atoms with Gasteiger partial charge in [0.25, 0.3) is 0 Å². The Hall–Kier alpha value is 0.430. The van der Waals surface area contributed by atoms with E-state index in [2.05, 4.69) is 13.8 Å². The zero-order valence-electron chi connectivity index (χ0n) is 7.45. The molecule has 0 saturated carbocycles. The van der Waals surface area contributed by atoms with Gasteiger partial charge in [0.1, 0.15) is 0 Å². The molecule has 0 bridgehead atoms. The zero-order chi connectivity index (χ0) is 7.66. The Kier molecular flexibility index (Phi) is 9.84. The van der Waals surface area contributed by atoms with E-state index in [9.17, 15) is 0 Å². The third kappa shape index (κ3) is 8.43. The van der Waals surface area contributed by atoms with Crippen molar-refractivity contribution in [2.75, 3.05) is 12.3 Å². The quantitative estimate of drug-likeness (QED) is 0.394. The van der Waals surface area contributed by atoms with E-state index in [1.165, 1.54) is 53.0 Å². The first-order valence-electron chi connectivity index (χ1n) is 4.62. The molecule has 0 aliphatic rings. The van der Waals surface area contributed by atoms with Gasteiger partial charge < -0.3 is 0 Å². The van der Waals surface area contributed by atoms with Crippen molar-refractivity contribution in [3.05, 3.63) is 0 Å². The summed E-state index contributed by atoms with van der Waals surface area (Å²) in [5.74, 6) is 0. The summed E-state index contributed by atoms with van der Waals surface area (Å²) in [5.41, 5.74) is 0. The van der Waals surface area contributed by atoms with E-state index < -0.39 is 0 Å². The molecule has 0 spiro atoms. The molecular formula is C9H21P. The van der Waals surface area contributed by atoms with Gasteiger partial charge in [-0.15, -0.1) is 8.58 Å². The summed E-state index contributed by atoms with van der Waals surface area (Å²) in [5, 5.41) is 0. The molecule has 0 saturated heterocycles. The fourth-order valence-electron chi connectivity index (χ4n) is 1.03. The highest BCUT2D eigenvalue weighted by Crippen LogP contribution is 2.12. The second-order valence-electron chi connectivity index (χ2n) is 2.77. The predicted octanol–water partition coefficient (Wildman–Crippen LogP) is 3.66. The first kappa shape index (κ1) is 10.4. The average Bonchev–Trinajstić information content (AvgIpc) is 1.97. The lowest BCUT2D eigenvalue weighted by molar-refractivity contribution is 0.659. The minimum absolute atomic E-state index is 1.23. The highest BCUT2D eigenvalue weighted by Gasteiger charge is 1.87. The first-order valence-corrected chi connectivity index (χ1v) is 6.04. The monoisotopic (exact) mass is 160 g/mol. The lowest BCUT2D eigenvalue weighted by atomic mass is 10.2. The largest absolute Gasteiger partial charge is 0.122 e. The van der Waals surface area contributed by atoms with Gasteiger partial charge in [0.2, 0.25) is 0 Å². The molecule has 1 atom stereocenters. The Balaban J connectivity index is 2.65. The van der Waals surface area contributed by atoms with Gasteiger partial charge in [-0.1, -0.05) is 39.5 Å². The van der Waals surface area contributed by atoms with Gasteiger partial charge in [-0.25, -0.2) is 0 Å². The fraction of sp³-hybridized carbons (Fsp3) is 1.00. The molecule has 0 heterocycles. The van der Waals surface area contributed by atoms with Gasteiger partial charge in [-0.05, 0) is 18.7 Å². The van der Waals surface area contributed by atoms with Crippen molar-refractivity contribution in [1.82, 2.24) is 0 Å². The van der Waals surface area contributed by atoms with Crippen LogP contribution in [0.4, 0.5) is 0 Å². The van der Waals surface area contributed by atoms with Crippen LogP contribution < -0.4 is 0 Å². The normalized spacial score (nSPS) is 11.4. The lowest BCUT2D eigenvalue weighted by Gasteiger charge is -1.98. The maximum Gasteiger partial charge on any atom is -0.0354 e. The highest BCUT2D eigenvalue weighted by molar-refractivity contribution is 7.37. The summed E-state index contributed by atoms with van der Waals surface area (Å²) in [6.45, 7) is 4.55. The molecule has 62 valence electrons. The van der Waals surface area contributed by atoms with Gasteiger partial charge in [0.15, 0.2) is 0 Å². The van der Waals surface area contributed by atoms with Gasteiger partial charge in [-0.3, -0.25) is 0 Å². The molecule has 0 N–H and O–H groups in total. The third-order valence-electron chi connectivity index (χ3n) is 1.71. The maximum absolute atomic E-state index is 2.28. The van der Waals surface area contributed by atoms with E-state index in [-0.39, 0.29) is 0 Å². The van der Waals surface area contributed by atoms with Crippen LogP contribution in [0.15, 0.2) is 0 Å². The van der Waals surface area contributed by atoms with E-state index in [4.69, 9.17) is 0 Å². The molecule has 1 heteroatoms. The fourth-order valence-corrected chi connectivity index (χ4v) is 1.88. The molecule has 0 nitrogen and oxygen atoms in total. The van der Waals surface area contributed by atoms with E-state index >= 15 is 0 Å². The van der Waals surface area contributed by atoms with Crippen LogP contribution in [-0.2, 0) is 0 Å². The number of unbranched alkanes of at least 4 members (excludes halogenated alkanes) is 4. The summed E-state index contributed by atoms with van der Waals surface area (Å²) in [4.78, 5) is 0. The van der Waals surface area contributed by atoms with Crippen LogP contribution in [0.5, 0.6) is 0 Å². The van der Waals surface area contributed by atoms with Gasteiger partial charge >= 0.3 is 0 Å². The molecule has 0 aromatic carbocycles. The Labute approximate surface area is 67.6 Å². The molecule has 0 radical (unpaired) electrons. The molecular weight excluding hydrogens is 139 g/mol. The molecule has 0 aromatic rings. The summed E-state index contributed by atoms with van der Waals surface area (Å²) < 4.78 is 0. The van der Waals surface area contributed by atoms with E-state index in [1.807, 2.05) is 0 Å². The zero-order valence-corrected chi connectivity index (χ0v) is 8.45. The van der Waals surface area contributed by atoms with Gasteiger partial charge in [0.05, 0.1) is 0 Å². The van der Waals surface area contributed by atoms with Crippen LogP contribution in [0.25, 0.3) is 0 Å². The van der Waals surface area contributed by atoms with E-state index in [1.54, 1.807) is 0 Å². The molecule has 10 heavy (non-hydrogen) atoms. The molecule has 0 amide bonds. The van der Waals surface area contributed by atoms with Crippen LogP contribution in [0.3, 0.4) is 0 Å². The molecule has 0 fully saturated rings. The van der Waals surface area contributed by atoms with Crippen LogP contribution in [0, 0.1) is 0 Å². The van der Waals surface area contributed by atoms with Crippen molar-refractivity contribution >= 4 is 8.58 Å². The number of hydrogen-bond acceptors (Lipinski definition) is 0. The molecule has 0 aliphatic heterocycles. The van der Waals surface area contributed by atoms with Crippen molar-refractivity contribution in [1.29, 1.82) is 0 Å². The Bertz CT molecular complexity index is 44.7. The van der Waals surface area contributed by atoms with Gasteiger partial charge in [-0.2, -0.15) is 0 Å². The van der Waals surface area contributed by atoms with E-state index in [0.29, 0.717) is 0 Å². The molecule has 0 aliphatic carbocycles. The van der Waals surface area contributed by atoms with Crippen LogP contribution in [-0.4, -0.2) is 12.3 Å². The van der Waals surface area contributed by atoms with Crippen molar-refractivity contribution < 1.29 is 0 Å². The smallest absolute Gasteiger partial charge is 0.0354 e. The second kappa shape index (κ2) is 9.43. The van der Waals surface area contributed by atoms with Crippen molar-refractivity contribution in [2.45, 2.75) is 46.0 Å². The van der Waals surface area contributed by atoms with E-state index in [0.717, 1.165) is 0 Å². The van der Waals surface area contributed by atoms with Gasteiger partial charge in [0, 0.05) is 0 Å². The predicted molar refractivity (Wildman–Crippen MR) is 52.5 cm³/mol. The summed E-state index contributed by atoms with van der Waals surface area (Å²) in [6, 6.07) is 0. The van der Waals surface area contributed by atoms with Crippen LogP contribution in [0.2, 0.25) is 0 Å². The Morgan fingerprint density at radius 3 is 2.20 bits per heavy atom. The average molecular weight is 160 g/mol. The minimum atomic E-state index is 1.23. The Morgan fingerprint density at radius 2 is 1.60 bits per heavy atom. The standard InChI is InChI=1S/C9H21P/c1-3-5-6-7-8-9-10-4-2/h10H,3-9H2,1-2H3. The highest BCUT2D eigenvalue weighted by atomic mass is 31.1. The van der Waals surface area contributed by atoms with Crippen molar-refractivity contribution in [3.63, 3.8) is 0 Å². The first-order chi connectivity index (χ1) is 4.91. The van der Waals surface area contributed by atoms with Crippen molar-refractivity contribution in [2.24, 2.45) is 0 Å². The summed E-state index contributed by atoms with van der Waals surface area (Å²) in [6.07, 6.45) is 10.1. The second-order valence-corrected chi connectivity index (χ2v) is 4.47.